The monoisotopic (exact) mass is 161 g/mol. The zero-order chi connectivity index (χ0) is 5.86. The average Bonchev–Trinajstić information content (AvgIpc) is 1.65. The highest BCUT2D eigenvalue weighted by atomic mass is 35.5. The minimum atomic E-state index is -1.05. The molecule has 0 bridgehead atoms. The van der Waals surface area contributed by atoms with Crippen LogP contribution >= 0.6 is 34.8 Å². The summed E-state index contributed by atoms with van der Waals surface area (Å²) in [4.78, 5) is -0.877. The van der Waals surface area contributed by atoms with E-state index in [1.807, 2.05) is 0 Å². The third kappa shape index (κ3) is 3.42. The molecule has 0 spiro atoms. The first kappa shape index (κ1) is 7.83. The Kier molecular flexibility index (Phi) is 4.24. The Morgan fingerprint density at radius 3 is 1.86 bits per heavy atom. The molecule has 0 aromatic carbocycles. The summed E-state index contributed by atoms with van der Waals surface area (Å²) >= 11 is 15.3. The molecule has 0 fully saturated rings. The van der Waals surface area contributed by atoms with Gasteiger partial charge < -0.3 is 0 Å². The van der Waals surface area contributed by atoms with Crippen LogP contribution in [0.3, 0.4) is 0 Å². The Labute approximate surface area is 57.2 Å². The third-order valence-corrected chi connectivity index (χ3v) is 1.30. The highest BCUT2D eigenvalue weighted by Gasteiger charge is 2.12. The quantitative estimate of drug-likeness (QED) is 0.552. The molecule has 4 heteroatoms. The van der Waals surface area contributed by atoms with Gasteiger partial charge in [0.05, 0.1) is 5.88 Å². The van der Waals surface area contributed by atoms with E-state index in [0.29, 0.717) is 0 Å². The van der Waals surface area contributed by atoms with Crippen molar-refractivity contribution in [2.75, 3.05) is 5.88 Å². The molecule has 0 heterocycles. The number of hydrogen-bond donors (Lipinski definition) is 0. The van der Waals surface area contributed by atoms with Gasteiger partial charge >= 0.3 is 0 Å². The molecular formula is C3H4Cl3O. The van der Waals surface area contributed by atoms with E-state index in [4.69, 9.17) is 34.8 Å². The second-order valence-corrected chi connectivity index (χ2v) is 2.50. The first-order chi connectivity index (χ1) is 3.18. The molecule has 0 rings (SSSR count). The summed E-state index contributed by atoms with van der Waals surface area (Å²) < 4.78 is 0. The Hall–Kier alpha value is 0.830. The number of rotatable bonds is 2. The van der Waals surface area contributed by atoms with Gasteiger partial charge in [0.2, 0.25) is 0 Å². The predicted molar refractivity (Wildman–Crippen MR) is 30.7 cm³/mol. The van der Waals surface area contributed by atoms with E-state index in [1.54, 1.807) is 0 Å². The van der Waals surface area contributed by atoms with Crippen molar-refractivity contribution in [3.8, 4) is 0 Å². The van der Waals surface area contributed by atoms with Crippen LogP contribution in [0, 0.1) is 0 Å². The van der Waals surface area contributed by atoms with Crippen LogP contribution in [0.5, 0.6) is 0 Å². The summed E-state index contributed by atoms with van der Waals surface area (Å²) in [5.74, 6) is -0.0301. The molecule has 1 atom stereocenters. The largest absolute Gasteiger partial charge is 0.229 e. The maximum atomic E-state index is 10.2. The molecule has 0 aliphatic rings. The van der Waals surface area contributed by atoms with E-state index in [1.165, 1.54) is 0 Å². The predicted octanol–water partition coefficient (Wildman–Crippen LogP) is 1.83. The first-order valence-corrected chi connectivity index (χ1v) is 3.09. The fourth-order valence-corrected chi connectivity index (χ4v) is 0.606. The van der Waals surface area contributed by atoms with Gasteiger partial charge in [0, 0.05) is 0 Å². The smallest absolute Gasteiger partial charge is 0.138 e. The highest BCUT2D eigenvalue weighted by molar-refractivity contribution is 6.45. The van der Waals surface area contributed by atoms with E-state index in [-0.39, 0.29) is 5.88 Å². The maximum absolute atomic E-state index is 10.2. The van der Waals surface area contributed by atoms with E-state index >= 15 is 0 Å². The molecule has 0 N–H and O–H groups in total. The zero-order valence-corrected chi connectivity index (χ0v) is 5.67. The SMILES string of the molecule is [O]C(CCl)C(Cl)Cl. The fourth-order valence-electron chi connectivity index (χ4n) is 0.0673. The Morgan fingerprint density at radius 2 is 1.86 bits per heavy atom. The summed E-state index contributed by atoms with van der Waals surface area (Å²) in [6, 6.07) is 0. The van der Waals surface area contributed by atoms with E-state index in [0.717, 1.165) is 0 Å². The van der Waals surface area contributed by atoms with Crippen molar-refractivity contribution in [2.45, 2.75) is 10.9 Å². The number of alkyl halides is 3. The molecule has 0 saturated carbocycles. The van der Waals surface area contributed by atoms with Gasteiger partial charge in [0.25, 0.3) is 0 Å². The van der Waals surface area contributed by atoms with Crippen molar-refractivity contribution in [3.05, 3.63) is 0 Å². The second kappa shape index (κ2) is 3.79. The molecule has 1 radical (unpaired) electrons. The van der Waals surface area contributed by atoms with Crippen LogP contribution in [-0.2, 0) is 5.11 Å². The van der Waals surface area contributed by atoms with E-state index in [2.05, 4.69) is 0 Å². The van der Waals surface area contributed by atoms with Crippen molar-refractivity contribution in [2.24, 2.45) is 0 Å². The van der Waals surface area contributed by atoms with Crippen molar-refractivity contribution >= 4 is 34.8 Å². The van der Waals surface area contributed by atoms with Crippen molar-refractivity contribution in [3.63, 3.8) is 0 Å². The van der Waals surface area contributed by atoms with Gasteiger partial charge in [-0.3, -0.25) is 0 Å². The molecule has 0 amide bonds. The Morgan fingerprint density at radius 1 is 1.43 bits per heavy atom. The molecule has 7 heavy (non-hydrogen) atoms. The summed E-state index contributed by atoms with van der Waals surface area (Å²) in [5, 5.41) is 10.2. The van der Waals surface area contributed by atoms with Crippen molar-refractivity contribution in [1.82, 2.24) is 0 Å². The van der Waals surface area contributed by atoms with Crippen LogP contribution in [0.2, 0.25) is 0 Å². The van der Waals surface area contributed by atoms with Crippen LogP contribution in [0.1, 0.15) is 0 Å². The molecule has 43 valence electrons. The maximum Gasteiger partial charge on any atom is 0.138 e. The Balaban J connectivity index is 3.14. The number of halogens is 3. The molecule has 0 aliphatic heterocycles. The van der Waals surface area contributed by atoms with E-state index < -0.39 is 10.9 Å². The number of hydrogen-bond acceptors (Lipinski definition) is 0. The summed E-state index contributed by atoms with van der Waals surface area (Å²) in [5.41, 5.74) is 0. The Bertz CT molecular complexity index is 47.4. The zero-order valence-electron chi connectivity index (χ0n) is 3.40. The molecule has 0 aromatic heterocycles. The summed E-state index contributed by atoms with van der Waals surface area (Å²) in [6.07, 6.45) is -1.05. The van der Waals surface area contributed by atoms with Crippen molar-refractivity contribution in [1.29, 1.82) is 0 Å². The first-order valence-electron chi connectivity index (χ1n) is 1.68. The standard InChI is InChI=1S/C3H4Cl3O/c4-1-2(7)3(5)6/h2-3H,1H2. The molecule has 1 nitrogen and oxygen atoms in total. The molecular weight excluding hydrogens is 158 g/mol. The molecule has 1 unspecified atom stereocenters. The van der Waals surface area contributed by atoms with Gasteiger partial charge in [0.15, 0.2) is 0 Å². The van der Waals surface area contributed by atoms with E-state index in [9.17, 15) is 5.11 Å². The van der Waals surface area contributed by atoms with Gasteiger partial charge in [0.1, 0.15) is 10.9 Å². The average molecular weight is 162 g/mol. The van der Waals surface area contributed by atoms with Crippen LogP contribution in [-0.4, -0.2) is 16.8 Å². The second-order valence-electron chi connectivity index (χ2n) is 1.03. The topological polar surface area (TPSA) is 19.9 Å². The summed E-state index contributed by atoms with van der Waals surface area (Å²) in [7, 11) is 0. The van der Waals surface area contributed by atoms with Gasteiger partial charge in [-0.25, -0.2) is 5.11 Å². The highest BCUT2D eigenvalue weighted by Crippen LogP contribution is 2.08. The molecule has 0 saturated heterocycles. The van der Waals surface area contributed by atoms with Crippen LogP contribution in [0.25, 0.3) is 0 Å². The minimum absolute atomic E-state index is 0.0301. The third-order valence-electron chi connectivity index (χ3n) is 0.433. The van der Waals surface area contributed by atoms with Crippen LogP contribution in [0.4, 0.5) is 0 Å². The lowest BCUT2D eigenvalue weighted by atomic mass is 10.5. The van der Waals surface area contributed by atoms with Crippen LogP contribution in [0.15, 0.2) is 0 Å². The molecule has 0 aliphatic carbocycles. The van der Waals surface area contributed by atoms with Crippen molar-refractivity contribution < 1.29 is 5.11 Å². The minimum Gasteiger partial charge on any atom is -0.229 e. The lowest BCUT2D eigenvalue weighted by Gasteiger charge is -2.00. The van der Waals surface area contributed by atoms with Gasteiger partial charge in [-0.15, -0.1) is 34.8 Å². The lowest BCUT2D eigenvalue weighted by Crippen LogP contribution is -2.14. The normalized spacial score (nSPS) is 15.0. The van der Waals surface area contributed by atoms with Gasteiger partial charge in [-0.2, -0.15) is 0 Å². The van der Waals surface area contributed by atoms with Gasteiger partial charge in [-0.1, -0.05) is 0 Å². The molecule has 0 aromatic rings. The van der Waals surface area contributed by atoms with Gasteiger partial charge in [-0.05, 0) is 0 Å². The van der Waals surface area contributed by atoms with Crippen LogP contribution < -0.4 is 0 Å². The summed E-state index contributed by atoms with van der Waals surface area (Å²) in [6.45, 7) is 0. The fraction of sp³-hybridized carbons (Fsp3) is 1.00. The lowest BCUT2D eigenvalue weighted by molar-refractivity contribution is 0.120.